The predicted octanol–water partition coefficient (Wildman–Crippen LogP) is 4.66. The molecule has 0 bridgehead atoms. The van der Waals surface area contributed by atoms with E-state index in [1.807, 2.05) is 6.20 Å². The molecule has 2 aromatic carbocycles. The van der Waals surface area contributed by atoms with Crippen LogP contribution >= 0.6 is 0 Å². The quantitative estimate of drug-likeness (QED) is 0.750. The lowest BCUT2D eigenvalue weighted by Gasteiger charge is -2.20. The van der Waals surface area contributed by atoms with Crippen LogP contribution in [0.2, 0.25) is 0 Å². The molecule has 0 fully saturated rings. The maximum atomic E-state index is 12.7. The van der Waals surface area contributed by atoms with E-state index in [0.717, 1.165) is 47.5 Å². The van der Waals surface area contributed by atoms with Gasteiger partial charge in [-0.2, -0.15) is 18.3 Å². The van der Waals surface area contributed by atoms with Crippen molar-refractivity contribution >= 4 is 5.69 Å². The second-order valence-electron chi connectivity index (χ2n) is 6.20. The summed E-state index contributed by atoms with van der Waals surface area (Å²) in [6, 6.07) is 11.7. The van der Waals surface area contributed by atoms with E-state index in [2.05, 4.69) is 33.3 Å². The van der Waals surface area contributed by atoms with Crippen LogP contribution < -0.4 is 4.90 Å². The van der Waals surface area contributed by atoms with Crippen LogP contribution in [0.3, 0.4) is 0 Å². The van der Waals surface area contributed by atoms with E-state index < -0.39 is 11.7 Å². The molecule has 4 rings (SSSR count). The molecule has 0 saturated heterocycles. The van der Waals surface area contributed by atoms with Crippen molar-refractivity contribution in [2.75, 3.05) is 11.4 Å². The fourth-order valence-corrected chi connectivity index (χ4v) is 3.24. The fourth-order valence-electron chi connectivity index (χ4n) is 3.24. The highest BCUT2D eigenvalue weighted by Crippen LogP contribution is 2.34. The Labute approximate surface area is 143 Å². The lowest BCUT2D eigenvalue weighted by Crippen LogP contribution is -2.19. The number of alkyl halides is 3. The molecule has 0 aliphatic carbocycles. The zero-order valence-corrected chi connectivity index (χ0v) is 13.3. The number of benzene rings is 2. The van der Waals surface area contributed by atoms with E-state index in [1.165, 1.54) is 5.56 Å². The first-order valence-electron chi connectivity index (χ1n) is 8.04. The summed E-state index contributed by atoms with van der Waals surface area (Å²) in [6.07, 6.45) is 0.289. The minimum atomic E-state index is -4.29. The van der Waals surface area contributed by atoms with Crippen molar-refractivity contribution in [2.45, 2.75) is 19.1 Å². The standard InChI is InChI=1S/C19H16F3N3/c20-19(21,22)17-4-1-13(2-5-17)12-25-8-7-15-9-14(3-6-18(15)25)16-10-23-24-11-16/h1-6,9-11H,7-8,12H2,(H,23,24). The van der Waals surface area contributed by atoms with Crippen molar-refractivity contribution in [3.05, 3.63) is 71.5 Å². The maximum Gasteiger partial charge on any atom is 0.416 e. The molecule has 1 aliphatic rings. The molecule has 6 heteroatoms. The van der Waals surface area contributed by atoms with Crippen molar-refractivity contribution in [3.63, 3.8) is 0 Å². The average molecular weight is 343 g/mol. The summed E-state index contributed by atoms with van der Waals surface area (Å²) in [4.78, 5) is 2.21. The molecule has 2 heterocycles. The summed E-state index contributed by atoms with van der Waals surface area (Å²) in [5.41, 5.74) is 4.83. The maximum absolute atomic E-state index is 12.7. The molecule has 0 atom stereocenters. The SMILES string of the molecule is FC(F)(F)c1ccc(CN2CCc3cc(-c4cn[nH]c4)ccc32)cc1. The van der Waals surface area contributed by atoms with E-state index >= 15 is 0 Å². The van der Waals surface area contributed by atoms with Crippen LogP contribution in [-0.4, -0.2) is 16.7 Å². The lowest BCUT2D eigenvalue weighted by atomic mass is 10.0. The lowest BCUT2D eigenvalue weighted by molar-refractivity contribution is -0.137. The third-order valence-electron chi connectivity index (χ3n) is 4.56. The van der Waals surface area contributed by atoms with Gasteiger partial charge in [-0.3, -0.25) is 5.10 Å². The van der Waals surface area contributed by atoms with Gasteiger partial charge in [-0.15, -0.1) is 0 Å². The van der Waals surface area contributed by atoms with Gasteiger partial charge < -0.3 is 4.90 Å². The first-order valence-corrected chi connectivity index (χ1v) is 8.04. The van der Waals surface area contributed by atoms with Gasteiger partial charge in [0.1, 0.15) is 0 Å². The summed E-state index contributed by atoms with van der Waals surface area (Å²) in [6.45, 7) is 1.47. The monoisotopic (exact) mass is 343 g/mol. The van der Waals surface area contributed by atoms with Crippen LogP contribution in [0.4, 0.5) is 18.9 Å². The zero-order chi connectivity index (χ0) is 17.4. The first-order chi connectivity index (χ1) is 12.0. The molecule has 3 nitrogen and oxygen atoms in total. The Bertz CT molecular complexity index is 868. The number of fused-ring (bicyclic) bond motifs is 1. The minimum absolute atomic E-state index is 0.607. The topological polar surface area (TPSA) is 31.9 Å². The third-order valence-corrected chi connectivity index (χ3v) is 4.56. The summed E-state index contributed by atoms with van der Waals surface area (Å²) in [5, 5.41) is 6.78. The van der Waals surface area contributed by atoms with E-state index in [4.69, 9.17) is 0 Å². The number of hydrogen-bond donors (Lipinski definition) is 1. The van der Waals surface area contributed by atoms with Gasteiger partial charge in [-0.25, -0.2) is 0 Å². The third kappa shape index (κ3) is 3.12. The van der Waals surface area contributed by atoms with E-state index in [-0.39, 0.29) is 0 Å². The van der Waals surface area contributed by atoms with Crippen molar-refractivity contribution in [1.29, 1.82) is 0 Å². The number of H-pyrrole nitrogens is 1. The Hall–Kier alpha value is -2.76. The van der Waals surface area contributed by atoms with Crippen molar-refractivity contribution in [3.8, 4) is 11.1 Å². The molecule has 1 N–H and O–H groups in total. The van der Waals surface area contributed by atoms with Crippen LogP contribution in [0.5, 0.6) is 0 Å². The van der Waals surface area contributed by atoms with Crippen LogP contribution in [0.15, 0.2) is 54.9 Å². The summed E-state index contributed by atoms with van der Waals surface area (Å²) < 4.78 is 38.0. The molecule has 25 heavy (non-hydrogen) atoms. The molecule has 0 radical (unpaired) electrons. The van der Waals surface area contributed by atoms with Gasteiger partial charge in [0.05, 0.1) is 11.8 Å². The molecule has 0 amide bonds. The Kier molecular flexibility index (Phi) is 3.75. The number of aromatic amines is 1. The average Bonchev–Trinajstić information content (AvgIpc) is 3.24. The Morgan fingerprint density at radius 1 is 1.04 bits per heavy atom. The minimum Gasteiger partial charge on any atom is -0.367 e. The smallest absolute Gasteiger partial charge is 0.367 e. The second-order valence-corrected chi connectivity index (χ2v) is 6.20. The number of hydrogen-bond acceptors (Lipinski definition) is 2. The molecular formula is C19H16F3N3. The van der Waals surface area contributed by atoms with Gasteiger partial charge in [-0.1, -0.05) is 18.2 Å². The predicted molar refractivity (Wildman–Crippen MR) is 90.2 cm³/mol. The molecule has 128 valence electrons. The molecule has 1 aliphatic heterocycles. The highest BCUT2D eigenvalue weighted by molar-refractivity contribution is 5.69. The first kappa shape index (κ1) is 15.7. The number of aromatic nitrogens is 2. The molecule has 0 saturated carbocycles. The van der Waals surface area contributed by atoms with Crippen LogP contribution in [0.1, 0.15) is 16.7 Å². The molecule has 3 aromatic rings. The molecule has 0 unspecified atom stereocenters. The van der Waals surface area contributed by atoms with Gasteiger partial charge in [0.2, 0.25) is 0 Å². The van der Waals surface area contributed by atoms with Crippen molar-refractivity contribution in [1.82, 2.24) is 10.2 Å². The number of rotatable bonds is 3. The fraction of sp³-hybridized carbons (Fsp3) is 0.211. The van der Waals surface area contributed by atoms with Crippen molar-refractivity contribution < 1.29 is 13.2 Å². The van der Waals surface area contributed by atoms with Crippen LogP contribution in [0.25, 0.3) is 11.1 Å². The highest BCUT2D eigenvalue weighted by atomic mass is 19.4. The Morgan fingerprint density at radius 3 is 2.52 bits per heavy atom. The van der Waals surface area contributed by atoms with Gasteiger partial charge >= 0.3 is 6.18 Å². The summed E-state index contributed by atoms with van der Waals surface area (Å²) in [7, 11) is 0. The Balaban J connectivity index is 1.53. The summed E-state index contributed by atoms with van der Waals surface area (Å²) in [5.74, 6) is 0. The van der Waals surface area contributed by atoms with Crippen LogP contribution in [0, 0.1) is 0 Å². The van der Waals surface area contributed by atoms with E-state index in [0.29, 0.717) is 6.54 Å². The summed E-state index contributed by atoms with van der Waals surface area (Å²) >= 11 is 0. The number of nitrogens with one attached hydrogen (secondary N) is 1. The normalized spacial score (nSPS) is 14.0. The van der Waals surface area contributed by atoms with Crippen LogP contribution in [-0.2, 0) is 19.1 Å². The van der Waals surface area contributed by atoms with Gasteiger partial charge in [0.15, 0.2) is 0 Å². The van der Waals surface area contributed by atoms with Gasteiger partial charge in [0, 0.05) is 30.5 Å². The molecular weight excluding hydrogens is 327 g/mol. The molecule has 1 aromatic heterocycles. The van der Waals surface area contributed by atoms with Crippen molar-refractivity contribution in [2.24, 2.45) is 0 Å². The van der Waals surface area contributed by atoms with E-state index in [9.17, 15) is 13.2 Å². The van der Waals surface area contributed by atoms with Gasteiger partial charge in [0.25, 0.3) is 0 Å². The molecule has 0 spiro atoms. The number of anilines is 1. The second kappa shape index (κ2) is 5.95. The highest BCUT2D eigenvalue weighted by Gasteiger charge is 2.30. The van der Waals surface area contributed by atoms with Gasteiger partial charge in [-0.05, 0) is 47.4 Å². The number of nitrogens with zero attached hydrogens (tertiary/aromatic N) is 2. The Morgan fingerprint density at radius 2 is 1.84 bits per heavy atom. The zero-order valence-electron chi connectivity index (χ0n) is 13.3. The van der Waals surface area contributed by atoms with E-state index in [1.54, 1.807) is 18.3 Å². The largest absolute Gasteiger partial charge is 0.416 e. The number of halogens is 3.